The summed E-state index contributed by atoms with van der Waals surface area (Å²) in [6.45, 7) is 9.35. The lowest BCUT2D eigenvalue weighted by atomic mass is 10.1. The molecule has 0 fully saturated rings. The molecule has 2 nitrogen and oxygen atoms in total. The van der Waals surface area contributed by atoms with Crippen molar-refractivity contribution in [2.24, 2.45) is 0 Å². The number of rotatable bonds is 25. The van der Waals surface area contributed by atoms with E-state index in [2.05, 4.69) is 42.3 Å². The fourth-order valence-corrected chi connectivity index (χ4v) is 5.06. The topological polar surface area (TPSA) is 8.81 Å². The first-order valence-corrected chi connectivity index (χ1v) is 15.4. The Morgan fingerprint density at radius 3 is 1.42 bits per heavy atom. The van der Waals surface area contributed by atoms with E-state index in [-0.39, 0.29) is 0 Å². The molecule has 0 radical (unpaired) electrons. The zero-order valence-electron chi connectivity index (χ0n) is 23.2. The molecule has 0 spiro atoms. The Kier molecular flexibility index (Phi) is 21.1. The summed E-state index contributed by atoms with van der Waals surface area (Å²) in [5.74, 6) is 1.59. The SMILES string of the molecule is CCCCCCCCCCCCCC[n+]1ccn(CCCC)c1CCCCCCCCCC. The summed E-state index contributed by atoms with van der Waals surface area (Å²) < 4.78 is 5.15. The molecule has 1 aromatic heterocycles. The Balaban J connectivity index is 2.19. The number of hydrogen-bond donors (Lipinski definition) is 0. The van der Waals surface area contributed by atoms with Crippen molar-refractivity contribution in [1.82, 2.24) is 4.57 Å². The van der Waals surface area contributed by atoms with Gasteiger partial charge in [-0.3, -0.25) is 0 Å². The number of unbranched alkanes of at least 4 members (excludes halogenated alkanes) is 19. The van der Waals surface area contributed by atoms with Gasteiger partial charge in [0.25, 0.3) is 5.82 Å². The molecule has 1 heterocycles. The Morgan fingerprint density at radius 1 is 0.515 bits per heavy atom. The summed E-state index contributed by atoms with van der Waals surface area (Å²) in [6.07, 6.45) is 37.1. The Labute approximate surface area is 208 Å². The smallest absolute Gasteiger partial charge is 0.234 e. The fraction of sp³-hybridized carbons (Fsp3) is 0.903. The summed E-state index contributed by atoms with van der Waals surface area (Å²) in [7, 11) is 0. The second-order valence-electron chi connectivity index (χ2n) is 10.6. The first-order valence-electron chi connectivity index (χ1n) is 15.4. The number of nitrogens with zero attached hydrogens (tertiary/aromatic N) is 2. The molecule has 0 amide bonds. The van der Waals surface area contributed by atoms with Crippen LogP contribution in [-0.4, -0.2) is 4.57 Å². The predicted octanol–water partition coefficient (Wildman–Crippen LogP) is 9.96. The minimum absolute atomic E-state index is 1.20. The molecule has 2 heteroatoms. The molecule has 1 rings (SSSR count). The fourth-order valence-electron chi connectivity index (χ4n) is 5.06. The number of aryl methyl sites for hydroxylation is 2. The maximum atomic E-state index is 2.59. The maximum Gasteiger partial charge on any atom is 0.256 e. The maximum absolute atomic E-state index is 2.59. The molecule has 0 aromatic carbocycles. The van der Waals surface area contributed by atoms with Gasteiger partial charge in [-0.05, 0) is 25.7 Å². The second-order valence-corrected chi connectivity index (χ2v) is 10.6. The van der Waals surface area contributed by atoms with Crippen molar-refractivity contribution in [2.75, 3.05) is 0 Å². The van der Waals surface area contributed by atoms with Crippen LogP contribution >= 0.6 is 0 Å². The summed E-state index contributed by atoms with van der Waals surface area (Å²) >= 11 is 0. The van der Waals surface area contributed by atoms with Gasteiger partial charge in [-0.15, -0.1) is 0 Å². The third kappa shape index (κ3) is 16.5. The minimum Gasteiger partial charge on any atom is -0.234 e. The highest BCUT2D eigenvalue weighted by Crippen LogP contribution is 2.13. The molecule has 0 aliphatic carbocycles. The molecule has 0 saturated heterocycles. The summed E-state index contributed by atoms with van der Waals surface area (Å²) in [4.78, 5) is 0. The van der Waals surface area contributed by atoms with Crippen LogP contribution in [0.2, 0.25) is 0 Å². The Hall–Kier alpha value is -0.790. The van der Waals surface area contributed by atoms with Crippen molar-refractivity contribution in [1.29, 1.82) is 0 Å². The lowest BCUT2D eigenvalue weighted by molar-refractivity contribution is -0.704. The highest BCUT2D eigenvalue weighted by molar-refractivity contribution is 4.84. The first kappa shape index (κ1) is 30.2. The van der Waals surface area contributed by atoms with Crippen molar-refractivity contribution >= 4 is 0 Å². The van der Waals surface area contributed by atoms with Gasteiger partial charge in [0, 0.05) is 6.42 Å². The average molecular weight is 462 g/mol. The highest BCUT2D eigenvalue weighted by Gasteiger charge is 2.16. The summed E-state index contributed by atoms with van der Waals surface area (Å²) in [5.41, 5.74) is 0. The van der Waals surface area contributed by atoms with E-state index < -0.39 is 0 Å². The van der Waals surface area contributed by atoms with Crippen LogP contribution in [0.3, 0.4) is 0 Å². The molecule has 0 aliphatic heterocycles. The van der Waals surface area contributed by atoms with E-state index in [9.17, 15) is 0 Å². The van der Waals surface area contributed by atoms with Crippen molar-refractivity contribution in [3.63, 3.8) is 0 Å². The van der Waals surface area contributed by atoms with Gasteiger partial charge in [-0.2, -0.15) is 0 Å². The van der Waals surface area contributed by atoms with E-state index in [1.807, 2.05) is 0 Å². The lowest BCUT2D eigenvalue weighted by Gasteiger charge is -2.06. The van der Waals surface area contributed by atoms with Gasteiger partial charge < -0.3 is 0 Å². The van der Waals surface area contributed by atoms with Crippen molar-refractivity contribution in [2.45, 2.75) is 182 Å². The number of imidazole rings is 1. The third-order valence-electron chi connectivity index (χ3n) is 7.35. The van der Waals surface area contributed by atoms with Crippen LogP contribution in [0.5, 0.6) is 0 Å². The summed E-state index contributed by atoms with van der Waals surface area (Å²) in [5, 5.41) is 0. The normalized spacial score (nSPS) is 11.5. The van der Waals surface area contributed by atoms with E-state index in [1.54, 1.807) is 5.82 Å². The van der Waals surface area contributed by atoms with E-state index in [0.717, 1.165) is 0 Å². The quantitative estimate of drug-likeness (QED) is 0.101. The Bertz CT molecular complexity index is 519. The monoisotopic (exact) mass is 461 g/mol. The van der Waals surface area contributed by atoms with Gasteiger partial charge in [-0.25, -0.2) is 9.13 Å². The minimum atomic E-state index is 1.20. The number of hydrogen-bond acceptors (Lipinski definition) is 0. The molecule has 0 saturated carbocycles. The largest absolute Gasteiger partial charge is 0.256 e. The first-order chi connectivity index (χ1) is 16.3. The third-order valence-corrected chi connectivity index (χ3v) is 7.35. The molecule has 0 atom stereocenters. The zero-order valence-corrected chi connectivity index (χ0v) is 23.2. The van der Waals surface area contributed by atoms with E-state index >= 15 is 0 Å². The van der Waals surface area contributed by atoms with Gasteiger partial charge in [0.15, 0.2) is 0 Å². The zero-order chi connectivity index (χ0) is 23.8. The molecule has 1 aromatic rings. The van der Waals surface area contributed by atoms with Crippen molar-refractivity contribution in [3.05, 3.63) is 18.2 Å². The van der Waals surface area contributed by atoms with E-state index in [4.69, 9.17) is 0 Å². The number of aromatic nitrogens is 2. The van der Waals surface area contributed by atoms with Gasteiger partial charge in [0.05, 0.1) is 13.1 Å². The van der Waals surface area contributed by atoms with Crippen LogP contribution in [-0.2, 0) is 19.5 Å². The molecular weight excluding hydrogens is 400 g/mol. The van der Waals surface area contributed by atoms with Gasteiger partial charge in [0.2, 0.25) is 0 Å². The van der Waals surface area contributed by atoms with Crippen LogP contribution in [0.4, 0.5) is 0 Å². The van der Waals surface area contributed by atoms with Crippen LogP contribution in [0.15, 0.2) is 12.4 Å². The Morgan fingerprint density at radius 2 is 0.939 bits per heavy atom. The molecular formula is C31H61N2+. The summed E-state index contributed by atoms with van der Waals surface area (Å²) in [6, 6.07) is 0. The van der Waals surface area contributed by atoms with Crippen LogP contribution < -0.4 is 4.57 Å². The lowest BCUT2D eigenvalue weighted by Crippen LogP contribution is -2.37. The van der Waals surface area contributed by atoms with Crippen LogP contribution in [0, 0.1) is 0 Å². The predicted molar refractivity (Wildman–Crippen MR) is 147 cm³/mol. The van der Waals surface area contributed by atoms with Crippen molar-refractivity contribution in [3.8, 4) is 0 Å². The standard InChI is InChI=1S/C31H61N2/c1-4-7-10-12-14-16-17-18-19-21-23-25-28-33-30-29-32(27-9-6-3)31(33)26-24-22-20-15-13-11-8-5-2/h29-30H,4-28H2,1-3H3/q+1. The van der Waals surface area contributed by atoms with Crippen LogP contribution in [0.1, 0.15) is 168 Å². The van der Waals surface area contributed by atoms with E-state index in [1.165, 1.54) is 161 Å². The highest BCUT2D eigenvalue weighted by atomic mass is 15.1. The van der Waals surface area contributed by atoms with Gasteiger partial charge >= 0.3 is 0 Å². The van der Waals surface area contributed by atoms with E-state index in [0.29, 0.717) is 0 Å². The molecule has 0 bridgehead atoms. The second kappa shape index (κ2) is 23.0. The molecule has 194 valence electrons. The van der Waals surface area contributed by atoms with Gasteiger partial charge in [0.1, 0.15) is 12.4 Å². The molecule has 0 unspecified atom stereocenters. The van der Waals surface area contributed by atoms with Crippen LogP contribution in [0.25, 0.3) is 0 Å². The molecule has 0 aliphatic rings. The van der Waals surface area contributed by atoms with Gasteiger partial charge in [-0.1, -0.05) is 136 Å². The molecule has 0 N–H and O–H groups in total. The molecule has 33 heavy (non-hydrogen) atoms. The average Bonchev–Trinajstić information content (AvgIpc) is 3.21. The van der Waals surface area contributed by atoms with Crippen molar-refractivity contribution < 1.29 is 4.57 Å².